The Morgan fingerprint density at radius 1 is 1.78 bits per heavy atom. The molecule has 9 heavy (non-hydrogen) atoms. The predicted molar refractivity (Wildman–Crippen MR) is 34.2 cm³/mol. The lowest BCUT2D eigenvalue weighted by Crippen LogP contribution is -2.29. The minimum atomic E-state index is -1.32. The lowest BCUT2D eigenvalue weighted by Gasteiger charge is -2.16. The number of rotatable bonds is 0. The van der Waals surface area contributed by atoms with Gasteiger partial charge in [-0.1, -0.05) is 0 Å². The molecule has 50 valence electrons. The Kier molecular flexibility index (Phi) is 1.55. The molecule has 1 aliphatic rings. The van der Waals surface area contributed by atoms with Gasteiger partial charge in [0.15, 0.2) is 0 Å². The van der Waals surface area contributed by atoms with Crippen LogP contribution in [0.4, 0.5) is 4.39 Å². The third-order valence-electron chi connectivity index (χ3n) is 1.66. The first-order chi connectivity index (χ1) is 4.02. The quantitative estimate of drug-likeness (QED) is 0.442. The first-order valence-electron chi connectivity index (χ1n) is 3.12. The summed E-state index contributed by atoms with van der Waals surface area (Å²) in [6.07, 6.45) is 0.378. The summed E-state index contributed by atoms with van der Waals surface area (Å²) in [5.74, 6) is 0. The van der Waals surface area contributed by atoms with Crippen LogP contribution in [-0.4, -0.2) is 25.6 Å². The smallest absolute Gasteiger partial charge is 0.128 e. The van der Waals surface area contributed by atoms with Crippen LogP contribution in [0.15, 0.2) is 0 Å². The van der Waals surface area contributed by atoms with Crippen molar-refractivity contribution in [2.45, 2.75) is 38.0 Å². The highest BCUT2D eigenvalue weighted by molar-refractivity contribution is 6.12. The summed E-state index contributed by atoms with van der Waals surface area (Å²) in [7, 11) is 5.31. The van der Waals surface area contributed by atoms with E-state index in [9.17, 15) is 4.39 Å². The fourth-order valence-electron chi connectivity index (χ4n) is 1.12. The third kappa shape index (κ3) is 1.26. The standard InChI is InChI=1S/C6H10BFO/c1-4-3-6(2,8)5(7)9-4/h4-5H,3H2,1-2H3/t4-,5-,6-/m1/s1. The van der Waals surface area contributed by atoms with E-state index in [1.165, 1.54) is 6.92 Å². The average molecular weight is 128 g/mol. The molecule has 3 heteroatoms. The minimum absolute atomic E-state index is 0.0324. The van der Waals surface area contributed by atoms with Gasteiger partial charge in [-0.15, -0.1) is 0 Å². The Morgan fingerprint density at radius 2 is 2.33 bits per heavy atom. The van der Waals surface area contributed by atoms with Gasteiger partial charge < -0.3 is 4.74 Å². The summed E-state index contributed by atoms with van der Waals surface area (Å²) in [4.78, 5) is 0. The van der Waals surface area contributed by atoms with Gasteiger partial charge in [0.05, 0.1) is 12.1 Å². The second-order valence-electron chi connectivity index (χ2n) is 2.85. The van der Waals surface area contributed by atoms with E-state index in [1.54, 1.807) is 0 Å². The summed E-state index contributed by atoms with van der Waals surface area (Å²) in [6.45, 7) is 3.30. The zero-order valence-corrected chi connectivity index (χ0v) is 5.73. The van der Waals surface area contributed by atoms with Gasteiger partial charge in [0.1, 0.15) is 13.5 Å². The van der Waals surface area contributed by atoms with E-state index in [4.69, 9.17) is 12.6 Å². The lowest BCUT2D eigenvalue weighted by molar-refractivity contribution is 0.0632. The largest absolute Gasteiger partial charge is 0.382 e. The van der Waals surface area contributed by atoms with Crippen molar-refractivity contribution in [3.63, 3.8) is 0 Å². The van der Waals surface area contributed by atoms with Gasteiger partial charge >= 0.3 is 0 Å². The van der Waals surface area contributed by atoms with E-state index in [-0.39, 0.29) is 6.10 Å². The minimum Gasteiger partial charge on any atom is -0.382 e. The fraction of sp³-hybridized carbons (Fsp3) is 1.00. The molecule has 0 aromatic carbocycles. The van der Waals surface area contributed by atoms with E-state index >= 15 is 0 Å². The molecule has 0 amide bonds. The first-order valence-corrected chi connectivity index (χ1v) is 3.12. The highest BCUT2D eigenvalue weighted by Crippen LogP contribution is 2.31. The molecule has 0 spiro atoms. The number of halogens is 1. The summed E-state index contributed by atoms with van der Waals surface area (Å²) in [5.41, 5.74) is -1.32. The van der Waals surface area contributed by atoms with Crippen LogP contribution in [0.2, 0.25) is 0 Å². The molecule has 1 nitrogen and oxygen atoms in total. The molecule has 1 aliphatic heterocycles. The highest BCUT2D eigenvalue weighted by atomic mass is 19.1. The van der Waals surface area contributed by atoms with Gasteiger partial charge in [0.2, 0.25) is 0 Å². The van der Waals surface area contributed by atoms with Crippen molar-refractivity contribution in [1.82, 2.24) is 0 Å². The SMILES string of the molecule is [B][C@@H]1O[C@H](C)C[C@@]1(C)F. The molecule has 1 fully saturated rings. The van der Waals surface area contributed by atoms with Crippen LogP contribution >= 0.6 is 0 Å². The van der Waals surface area contributed by atoms with E-state index < -0.39 is 11.7 Å². The normalized spacial score (nSPS) is 51.9. The van der Waals surface area contributed by atoms with E-state index in [2.05, 4.69) is 0 Å². The van der Waals surface area contributed by atoms with Gasteiger partial charge in [-0.25, -0.2) is 4.39 Å². The molecule has 0 N–H and O–H groups in total. The maximum absolute atomic E-state index is 13.0. The molecular weight excluding hydrogens is 118 g/mol. The van der Waals surface area contributed by atoms with Crippen molar-refractivity contribution in [2.24, 2.45) is 0 Å². The van der Waals surface area contributed by atoms with Crippen LogP contribution in [0.25, 0.3) is 0 Å². The number of alkyl halides is 1. The predicted octanol–water partition coefficient (Wildman–Crippen LogP) is 1.02. The Morgan fingerprint density at radius 3 is 2.44 bits per heavy atom. The number of hydrogen-bond acceptors (Lipinski definition) is 1. The molecular formula is C6H10BFO. The summed E-state index contributed by atoms with van der Waals surface area (Å²) in [5, 5.41) is 0. The van der Waals surface area contributed by atoms with Gasteiger partial charge in [-0.05, 0) is 13.8 Å². The third-order valence-corrected chi connectivity index (χ3v) is 1.66. The molecule has 1 rings (SSSR count). The van der Waals surface area contributed by atoms with Crippen LogP contribution in [0.3, 0.4) is 0 Å². The second kappa shape index (κ2) is 1.98. The Hall–Kier alpha value is -0.0451. The molecule has 1 saturated heterocycles. The second-order valence-corrected chi connectivity index (χ2v) is 2.85. The molecule has 0 unspecified atom stereocenters. The molecule has 1 heterocycles. The van der Waals surface area contributed by atoms with Crippen LogP contribution < -0.4 is 0 Å². The lowest BCUT2D eigenvalue weighted by atomic mass is 9.85. The van der Waals surface area contributed by atoms with Gasteiger partial charge in [0.25, 0.3) is 0 Å². The van der Waals surface area contributed by atoms with Crippen molar-refractivity contribution in [3.05, 3.63) is 0 Å². The van der Waals surface area contributed by atoms with Crippen molar-refractivity contribution < 1.29 is 9.13 Å². The van der Waals surface area contributed by atoms with E-state index in [0.29, 0.717) is 6.42 Å². The van der Waals surface area contributed by atoms with Crippen molar-refractivity contribution in [2.75, 3.05) is 0 Å². The maximum atomic E-state index is 13.0. The Bertz CT molecular complexity index is 116. The molecule has 0 saturated carbocycles. The van der Waals surface area contributed by atoms with Crippen LogP contribution in [0.1, 0.15) is 20.3 Å². The summed E-state index contributed by atoms with van der Waals surface area (Å²) < 4.78 is 18.0. The maximum Gasteiger partial charge on any atom is 0.128 e. The van der Waals surface area contributed by atoms with Crippen LogP contribution in [0.5, 0.6) is 0 Å². The monoisotopic (exact) mass is 128 g/mol. The highest BCUT2D eigenvalue weighted by Gasteiger charge is 2.40. The van der Waals surface area contributed by atoms with Crippen LogP contribution in [0, 0.1) is 0 Å². The summed E-state index contributed by atoms with van der Waals surface area (Å²) >= 11 is 0. The van der Waals surface area contributed by atoms with Gasteiger partial charge in [-0.3, -0.25) is 0 Å². The van der Waals surface area contributed by atoms with Crippen molar-refractivity contribution >= 4 is 7.85 Å². The molecule has 0 bridgehead atoms. The molecule has 2 radical (unpaired) electrons. The van der Waals surface area contributed by atoms with Crippen molar-refractivity contribution in [1.29, 1.82) is 0 Å². The van der Waals surface area contributed by atoms with Crippen molar-refractivity contribution in [3.8, 4) is 0 Å². The number of hydrogen-bond donors (Lipinski definition) is 0. The molecule has 0 aromatic rings. The fourth-order valence-corrected chi connectivity index (χ4v) is 1.12. The zero-order chi connectivity index (χ0) is 7.07. The van der Waals surface area contributed by atoms with Gasteiger partial charge in [0, 0.05) is 6.42 Å². The molecule has 0 aromatic heterocycles. The summed E-state index contributed by atoms with van der Waals surface area (Å²) in [6, 6.07) is -0.729. The van der Waals surface area contributed by atoms with E-state index in [1.807, 2.05) is 6.92 Å². The first kappa shape index (κ1) is 7.07. The Labute approximate surface area is 56.0 Å². The Balaban J connectivity index is 2.58. The average Bonchev–Trinajstić information content (AvgIpc) is 1.79. The zero-order valence-electron chi connectivity index (χ0n) is 5.73. The van der Waals surface area contributed by atoms with E-state index in [0.717, 1.165) is 0 Å². The number of ether oxygens (including phenoxy) is 1. The topological polar surface area (TPSA) is 9.23 Å². The van der Waals surface area contributed by atoms with Crippen LogP contribution in [-0.2, 0) is 4.74 Å². The molecule has 3 atom stereocenters. The van der Waals surface area contributed by atoms with Gasteiger partial charge in [-0.2, -0.15) is 0 Å². The molecule has 0 aliphatic carbocycles.